The van der Waals surface area contributed by atoms with E-state index >= 15 is 0 Å². The van der Waals surface area contributed by atoms with E-state index in [2.05, 4.69) is 9.71 Å². The highest BCUT2D eigenvalue weighted by molar-refractivity contribution is 7.92. The van der Waals surface area contributed by atoms with E-state index in [0.29, 0.717) is 11.5 Å². The summed E-state index contributed by atoms with van der Waals surface area (Å²) in [6, 6.07) is 6.18. The predicted octanol–water partition coefficient (Wildman–Crippen LogP) is 2.55. The second-order valence-electron chi connectivity index (χ2n) is 3.98. The fourth-order valence-corrected chi connectivity index (χ4v) is 3.15. The summed E-state index contributed by atoms with van der Waals surface area (Å²) in [5.41, 5.74) is 0.247. The summed E-state index contributed by atoms with van der Waals surface area (Å²) >= 11 is 5.89. The molecule has 112 valence electrons. The van der Waals surface area contributed by atoms with Crippen molar-refractivity contribution in [2.24, 2.45) is 0 Å². The minimum atomic E-state index is -3.88. The Kier molecular flexibility index (Phi) is 4.54. The molecule has 0 radical (unpaired) electrons. The predicted molar refractivity (Wildman–Crippen MR) is 79.6 cm³/mol. The molecular formula is C13H13ClN2O4S. The number of hydrogen-bond donors (Lipinski definition) is 1. The summed E-state index contributed by atoms with van der Waals surface area (Å²) < 4.78 is 37.3. The molecule has 0 saturated heterocycles. The Bertz CT molecular complexity index is 750. The number of benzene rings is 1. The molecule has 0 amide bonds. The molecule has 0 fully saturated rings. The molecule has 2 aromatic rings. The molecule has 0 saturated carbocycles. The third-order valence-electron chi connectivity index (χ3n) is 2.67. The van der Waals surface area contributed by atoms with Crippen molar-refractivity contribution in [3.8, 4) is 11.5 Å². The minimum absolute atomic E-state index is 0.0827. The fraction of sp³-hybridized carbons (Fsp3) is 0.154. The highest BCUT2D eigenvalue weighted by atomic mass is 35.5. The molecule has 1 aromatic carbocycles. The molecule has 1 N–H and O–H groups in total. The highest BCUT2D eigenvalue weighted by Crippen LogP contribution is 2.31. The van der Waals surface area contributed by atoms with E-state index < -0.39 is 10.0 Å². The van der Waals surface area contributed by atoms with Crippen LogP contribution in [0, 0.1) is 0 Å². The largest absolute Gasteiger partial charge is 0.497 e. The van der Waals surface area contributed by atoms with Crippen molar-refractivity contribution in [3.05, 3.63) is 41.7 Å². The van der Waals surface area contributed by atoms with Gasteiger partial charge in [-0.25, -0.2) is 8.42 Å². The van der Waals surface area contributed by atoms with Crippen LogP contribution < -0.4 is 14.2 Å². The third kappa shape index (κ3) is 3.37. The Labute approximate surface area is 127 Å². The minimum Gasteiger partial charge on any atom is -0.497 e. The van der Waals surface area contributed by atoms with Crippen molar-refractivity contribution < 1.29 is 17.9 Å². The van der Waals surface area contributed by atoms with Gasteiger partial charge in [-0.3, -0.25) is 9.71 Å². The zero-order chi connectivity index (χ0) is 15.5. The maximum Gasteiger partial charge on any atom is 0.265 e. The zero-order valence-corrected chi connectivity index (χ0v) is 12.9. The van der Waals surface area contributed by atoms with Crippen LogP contribution in [0.5, 0.6) is 11.5 Å². The van der Waals surface area contributed by atoms with Crippen LogP contribution in [-0.4, -0.2) is 27.6 Å². The van der Waals surface area contributed by atoms with Gasteiger partial charge in [0.1, 0.15) is 16.4 Å². The topological polar surface area (TPSA) is 77.5 Å². The van der Waals surface area contributed by atoms with Gasteiger partial charge in [0.15, 0.2) is 0 Å². The molecular weight excluding hydrogens is 316 g/mol. The van der Waals surface area contributed by atoms with Gasteiger partial charge in [-0.15, -0.1) is 0 Å². The highest BCUT2D eigenvalue weighted by Gasteiger charge is 2.20. The first-order valence-corrected chi connectivity index (χ1v) is 7.68. The summed E-state index contributed by atoms with van der Waals surface area (Å²) in [4.78, 5) is 3.66. The van der Waals surface area contributed by atoms with Gasteiger partial charge in [0.25, 0.3) is 10.0 Å². The summed E-state index contributed by atoms with van der Waals surface area (Å²) in [5, 5.41) is 0.0827. The summed E-state index contributed by atoms with van der Waals surface area (Å²) in [6.45, 7) is 0. The van der Waals surface area contributed by atoms with Crippen LogP contribution in [0.1, 0.15) is 0 Å². The summed E-state index contributed by atoms with van der Waals surface area (Å²) in [7, 11) is -0.956. The number of sulfonamides is 1. The van der Waals surface area contributed by atoms with Crippen LogP contribution >= 0.6 is 11.6 Å². The molecule has 0 aliphatic heterocycles. The van der Waals surface area contributed by atoms with Crippen molar-refractivity contribution in [2.45, 2.75) is 4.90 Å². The lowest BCUT2D eigenvalue weighted by atomic mass is 10.3. The molecule has 21 heavy (non-hydrogen) atoms. The van der Waals surface area contributed by atoms with E-state index in [-0.39, 0.29) is 15.6 Å². The first kappa shape index (κ1) is 15.4. The molecule has 0 bridgehead atoms. The Balaban J connectivity index is 2.43. The molecule has 6 nitrogen and oxygen atoms in total. The number of methoxy groups -OCH3 is 2. The number of nitrogens with one attached hydrogen (secondary N) is 1. The Hall–Kier alpha value is -1.99. The van der Waals surface area contributed by atoms with Gasteiger partial charge in [-0.1, -0.05) is 11.6 Å². The number of halogens is 1. The van der Waals surface area contributed by atoms with Crippen LogP contribution in [0.4, 0.5) is 5.69 Å². The maximum atomic E-state index is 12.4. The van der Waals surface area contributed by atoms with Crippen LogP contribution in [-0.2, 0) is 10.0 Å². The molecule has 8 heteroatoms. The molecule has 0 spiro atoms. The van der Waals surface area contributed by atoms with Crippen LogP contribution in [0.3, 0.4) is 0 Å². The smallest absolute Gasteiger partial charge is 0.265 e. The van der Waals surface area contributed by atoms with Crippen LogP contribution in [0.2, 0.25) is 5.02 Å². The lowest BCUT2D eigenvalue weighted by Crippen LogP contribution is -2.14. The van der Waals surface area contributed by atoms with Crippen molar-refractivity contribution in [1.82, 2.24) is 4.98 Å². The fourth-order valence-electron chi connectivity index (χ4n) is 1.65. The van der Waals surface area contributed by atoms with Crippen LogP contribution in [0.25, 0.3) is 0 Å². The molecule has 0 atom stereocenters. The van der Waals surface area contributed by atoms with Gasteiger partial charge in [0, 0.05) is 18.5 Å². The lowest BCUT2D eigenvalue weighted by Gasteiger charge is -2.13. The van der Waals surface area contributed by atoms with E-state index in [1.807, 2.05) is 0 Å². The van der Waals surface area contributed by atoms with Crippen molar-refractivity contribution in [1.29, 1.82) is 0 Å². The van der Waals surface area contributed by atoms with E-state index in [1.165, 1.54) is 38.7 Å². The number of nitrogens with zero attached hydrogens (tertiary/aromatic N) is 1. The van der Waals surface area contributed by atoms with Gasteiger partial charge in [0.2, 0.25) is 0 Å². The number of ether oxygens (including phenoxy) is 2. The SMILES string of the molecule is COc1ccc(OC)c(NS(=O)(=O)c2cnccc2Cl)c1. The Morgan fingerprint density at radius 3 is 2.57 bits per heavy atom. The van der Waals surface area contributed by atoms with E-state index in [9.17, 15) is 8.42 Å². The second kappa shape index (κ2) is 6.19. The van der Waals surface area contributed by atoms with Crippen LogP contribution in [0.15, 0.2) is 41.6 Å². The summed E-state index contributed by atoms with van der Waals surface area (Å²) in [5.74, 6) is 0.852. The standard InChI is InChI=1S/C13H13ClN2O4S/c1-19-9-3-4-12(20-2)11(7-9)16-21(17,18)13-8-15-6-5-10(13)14/h3-8,16H,1-2H3. The third-order valence-corrected chi connectivity index (χ3v) is 4.51. The second-order valence-corrected chi connectivity index (χ2v) is 6.04. The molecule has 1 heterocycles. The molecule has 1 aromatic heterocycles. The van der Waals surface area contributed by atoms with Crippen molar-refractivity contribution >= 4 is 27.3 Å². The van der Waals surface area contributed by atoms with Gasteiger partial charge in [-0.2, -0.15) is 0 Å². The van der Waals surface area contributed by atoms with Crippen molar-refractivity contribution in [3.63, 3.8) is 0 Å². The molecule has 0 aliphatic carbocycles. The average Bonchev–Trinajstić information content (AvgIpc) is 2.47. The molecule has 2 rings (SSSR count). The first-order valence-electron chi connectivity index (χ1n) is 5.82. The number of pyridine rings is 1. The normalized spacial score (nSPS) is 11.0. The Morgan fingerprint density at radius 2 is 1.95 bits per heavy atom. The lowest BCUT2D eigenvalue weighted by molar-refractivity contribution is 0.405. The number of rotatable bonds is 5. The Morgan fingerprint density at radius 1 is 1.19 bits per heavy atom. The van der Waals surface area contributed by atoms with Gasteiger partial charge < -0.3 is 9.47 Å². The number of hydrogen-bond acceptors (Lipinski definition) is 5. The van der Waals surface area contributed by atoms with Crippen molar-refractivity contribution in [2.75, 3.05) is 18.9 Å². The maximum absolute atomic E-state index is 12.4. The first-order chi connectivity index (χ1) is 9.97. The van der Waals surface area contributed by atoms with E-state index in [4.69, 9.17) is 21.1 Å². The quantitative estimate of drug-likeness (QED) is 0.912. The van der Waals surface area contributed by atoms with E-state index in [1.54, 1.807) is 12.1 Å². The van der Waals surface area contributed by atoms with E-state index in [0.717, 1.165) is 0 Å². The molecule has 0 aliphatic rings. The number of anilines is 1. The number of aromatic nitrogens is 1. The monoisotopic (exact) mass is 328 g/mol. The van der Waals surface area contributed by atoms with Gasteiger partial charge in [-0.05, 0) is 18.2 Å². The van der Waals surface area contributed by atoms with Gasteiger partial charge in [0.05, 0.1) is 24.9 Å². The van der Waals surface area contributed by atoms with Gasteiger partial charge >= 0.3 is 0 Å². The molecule has 0 unspecified atom stereocenters. The average molecular weight is 329 g/mol. The zero-order valence-electron chi connectivity index (χ0n) is 11.3. The summed E-state index contributed by atoms with van der Waals surface area (Å²) in [6.07, 6.45) is 2.59.